The van der Waals surface area contributed by atoms with Gasteiger partial charge < -0.3 is 4.57 Å². The van der Waals surface area contributed by atoms with Crippen LogP contribution in [-0.4, -0.2) is 23.2 Å². The molecule has 6 nitrogen and oxygen atoms in total. The number of rotatable bonds is 5. The number of hydrogen-bond donors (Lipinski definition) is 1. The van der Waals surface area contributed by atoms with Crippen molar-refractivity contribution in [1.82, 2.24) is 14.8 Å². The first-order chi connectivity index (χ1) is 12.3. The summed E-state index contributed by atoms with van der Waals surface area (Å²) in [4.78, 5) is 0.599. The quantitative estimate of drug-likeness (QED) is 0.688. The van der Waals surface area contributed by atoms with Crippen molar-refractivity contribution in [2.45, 2.75) is 21.9 Å². The number of hydrogen-bond acceptors (Lipinski definition) is 5. The Bertz CT molecular complexity index is 1070. The van der Waals surface area contributed by atoms with Crippen molar-refractivity contribution in [1.29, 1.82) is 0 Å². The van der Waals surface area contributed by atoms with Gasteiger partial charge in [0.1, 0.15) is 12.1 Å². The van der Waals surface area contributed by atoms with Crippen LogP contribution in [0.25, 0.3) is 0 Å². The van der Waals surface area contributed by atoms with E-state index in [4.69, 9.17) is 11.6 Å². The van der Waals surface area contributed by atoms with Crippen LogP contribution in [-0.2, 0) is 17.1 Å². The van der Waals surface area contributed by atoms with Gasteiger partial charge in [-0.3, -0.25) is 4.72 Å². The molecule has 0 radical (unpaired) electrons. The molecule has 0 aliphatic carbocycles. The van der Waals surface area contributed by atoms with E-state index in [1.54, 1.807) is 30.1 Å². The molecular formula is C16H14ClFN4O2S2. The van der Waals surface area contributed by atoms with Gasteiger partial charge in [-0.1, -0.05) is 11.6 Å². The molecule has 10 heteroatoms. The normalized spacial score (nSPS) is 11.5. The summed E-state index contributed by atoms with van der Waals surface area (Å²) in [5.74, 6) is -0.497. The summed E-state index contributed by atoms with van der Waals surface area (Å²) in [6.45, 7) is 1.53. The Kier molecular flexibility index (Phi) is 5.22. The molecule has 0 unspecified atom stereocenters. The van der Waals surface area contributed by atoms with Crippen LogP contribution < -0.4 is 4.72 Å². The molecule has 0 spiro atoms. The lowest BCUT2D eigenvalue weighted by Crippen LogP contribution is -2.15. The zero-order chi connectivity index (χ0) is 18.9. The number of nitrogens with one attached hydrogen (secondary N) is 1. The average molecular weight is 413 g/mol. The minimum atomic E-state index is -3.92. The Morgan fingerprint density at radius 2 is 2.00 bits per heavy atom. The fourth-order valence-corrected chi connectivity index (χ4v) is 4.62. The van der Waals surface area contributed by atoms with Crippen molar-refractivity contribution in [2.75, 3.05) is 4.72 Å². The third kappa shape index (κ3) is 4.00. The fourth-order valence-electron chi connectivity index (χ4n) is 2.25. The monoisotopic (exact) mass is 412 g/mol. The standard InChI is InChI=1S/C16H14ClFN4O2S2/c1-10-7-12(18)4-6-15(10)26(23,24)21-13-8-11(17)3-5-14(13)25-16-20-19-9-22(16)2/h3-9,21H,1-2H3. The molecule has 136 valence electrons. The van der Waals surface area contributed by atoms with Gasteiger partial charge in [0.05, 0.1) is 10.6 Å². The lowest BCUT2D eigenvalue weighted by Gasteiger charge is -2.14. The van der Waals surface area contributed by atoms with Crippen LogP contribution in [0.3, 0.4) is 0 Å². The van der Waals surface area contributed by atoms with Gasteiger partial charge in [-0.2, -0.15) is 0 Å². The van der Waals surface area contributed by atoms with Crippen molar-refractivity contribution in [3.63, 3.8) is 0 Å². The van der Waals surface area contributed by atoms with Crippen LogP contribution in [0.4, 0.5) is 10.1 Å². The summed E-state index contributed by atoms with van der Waals surface area (Å²) in [5.41, 5.74) is 0.608. The maximum Gasteiger partial charge on any atom is 0.262 e. The van der Waals surface area contributed by atoms with Crippen molar-refractivity contribution in [3.05, 3.63) is 59.1 Å². The second-order valence-electron chi connectivity index (χ2n) is 5.48. The second-order valence-corrected chi connectivity index (χ2v) is 8.58. The highest BCUT2D eigenvalue weighted by Crippen LogP contribution is 2.35. The minimum Gasteiger partial charge on any atom is -0.311 e. The van der Waals surface area contributed by atoms with Gasteiger partial charge in [0.2, 0.25) is 0 Å². The first-order valence-corrected chi connectivity index (χ1v) is 10.0. The molecule has 0 amide bonds. The van der Waals surface area contributed by atoms with Crippen LogP contribution in [0.15, 0.2) is 57.7 Å². The Morgan fingerprint density at radius 1 is 1.23 bits per heavy atom. The maximum absolute atomic E-state index is 13.3. The van der Waals surface area contributed by atoms with Crippen LogP contribution >= 0.6 is 23.4 Å². The highest BCUT2D eigenvalue weighted by Gasteiger charge is 2.20. The molecule has 0 aliphatic heterocycles. The molecule has 0 fully saturated rings. The first-order valence-electron chi connectivity index (χ1n) is 7.36. The van der Waals surface area contributed by atoms with Gasteiger partial charge in [-0.25, -0.2) is 12.8 Å². The molecule has 1 N–H and O–H groups in total. The van der Waals surface area contributed by atoms with Gasteiger partial charge >= 0.3 is 0 Å². The number of nitrogens with zero attached hydrogens (tertiary/aromatic N) is 3. The van der Waals surface area contributed by atoms with Crippen LogP contribution in [0.2, 0.25) is 5.02 Å². The van der Waals surface area contributed by atoms with E-state index in [1.807, 2.05) is 0 Å². The maximum atomic E-state index is 13.3. The SMILES string of the molecule is Cc1cc(F)ccc1S(=O)(=O)Nc1cc(Cl)ccc1Sc1nncn1C. The summed E-state index contributed by atoms with van der Waals surface area (Å²) in [5, 5.41) is 8.74. The minimum absolute atomic E-state index is 0.00603. The molecule has 0 saturated carbocycles. The van der Waals surface area contributed by atoms with E-state index in [1.165, 1.54) is 36.9 Å². The van der Waals surface area contributed by atoms with Gasteiger partial charge in [0, 0.05) is 17.0 Å². The third-order valence-electron chi connectivity index (χ3n) is 3.48. The molecule has 1 aromatic heterocycles. The summed E-state index contributed by atoms with van der Waals surface area (Å²) in [6.07, 6.45) is 1.55. The predicted molar refractivity (Wildman–Crippen MR) is 98.5 cm³/mol. The van der Waals surface area contributed by atoms with Gasteiger partial charge in [-0.15, -0.1) is 10.2 Å². The van der Waals surface area contributed by atoms with E-state index >= 15 is 0 Å². The summed E-state index contributed by atoms with van der Waals surface area (Å²) in [7, 11) is -2.14. The van der Waals surface area contributed by atoms with Crippen molar-refractivity contribution < 1.29 is 12.8 Å². The van der Waals surface area contributed by atoms with Crippen molar-refractivity contribution in [3.8, 4) is 0 Å². The van der Waals surface area contributed by atoms with E-state index < -0.39 is 15.8 Å². The second kappa shape index (κ2) is 7.26. The van der Waals surface area contributed by atoms with E-state index in [2.05, 4.69) is 14.9 Å². The molecule has 0 saturated heterocycles. The molecule has 0 bridgehead atoms. The van der Waals surface area contributed by atoms with Gasteiger partial charge in [0.15, 0.2) is 5.16 Å². The molecule has 1 heterocycles. The highest BCUT2D eigenvalue weighted by molar-refractivity contribution is 7.99. The Labute approximate surface area is 159 Å². The molecule has 0 atom stereocenters. The summed E-state index contributed by atoms with van der Waals surface area (Å²) < 4.78 is 43.0. The average Bonchev–Trinajstić information content (AvgIpc) is 2.94. The Hall–Kier alpha value is -2.10. The molecule has 0 aliphatic rings. The Balaban J connectivity index is 1.98. The van der Waals surface area contributed by atoms with E-state index in [0.29, 0.717) is 26.3 Å². The molecule has 26 heavy (non-hydrogen) atoms. The number of halogens is 2. The summed E-state index contributed by atoms with van der Waals surface area (Å²) >= 11 is 7.27. The zero-order valence-corrected chi connectivity index (χ0v) is 16.2. The van der Waals surface area contributed by atoms with Gasteiger partial charge in [0.25, 0.3) is 10.0 Å². The fraction of sp³-hybridized carbons (Fsp3) is 0.125. The van der Waals surface area contributed by atoms with E-state index in [0.717, 1.165) is 6.07 Å². The third-order valence-corrected chi connectivity index (χ3v) is 6.37. The van der Waals surface area contributed by atoms with Crippen molar-refractivity contribution in [2.24, 2.45) is 7.05 Å². The highest BCUT2D eigenvalue weighted by atomic mass is 35.5. The lowest BCUT2D eigenvalue weighted by atomic mass is 10.2. The number of aryl methyl sites for hydroxylation is 2. The van der Waals surface area contributed by atoms with E-state index in [-0.39, 0.29) is 4.90 Å². The van der Waals surface area contributed by atoms with Crippen molar-refractivity contribution >= 4 is 39.1 Å². The van der Waals surface area contributed by atoms with Gasteiger partial charge in [-0.05, 0) is 60.6 Å². The smallest absolute Gasteiger partial charge is 0.262 e. The topological polar surface area (TPSA) is 76.9 Å². The number of benzene rings is 2. The first kappa shape index (κ1) is 18.7. The zero-order valence-electron chi connectivity index (χ0n) is 13.8. The lowest BCUT2D eigenvalue weighted by molar-refractivity contribution is 0.598. The molecule has 3 aromatic rings. The Morgan fingerprint density at radius 3 is 2.65 bits per heavy atom. The van der Waals surface area contributed by atoms with E-state index in [9.17, 15) is 12.8 Å². The molecular weight excluding hydrogens is 399 g/mol. The van der Waals surface area contributed by atoms with Crippen LogP contribution in [0, 0.1) is 12.7 Å². The summed E-state index contributed by atoms with van der Waals surface area (Å²) in [6, 6.07) is 8.36. The predicted octanol–water partition coefficient (Wildman–Crippen LogP) is 3.87. The largest absolute Gasteiger partial charge is 0.311 e. The molecule has 2 aromatic carbocycles. The number of aromatic nitrogens is 3. The number of sulfonamides is 1. The van der Waals surface area contributed by atoms with Crippen LogP contribution in [0.1, 0.15) is 5.56 Å². The van der Waals surface area contributed by atoms with Crippen LogP contribution in [0.5, 0.6) is 0 Å². The number of anilines is 1. The molecule has 3 rings (SSSR count).